The molecule has 70 valence electrons. The van der Waals surface area contributed by atoms with Gasteiger partial charge >= 0.3 is 6.09 Å². The Morgan fingerprint density at radius 1 is 1.46 bits per heavy atom. The third-order valence-corrected chi connectivity index (χ3v) is 1.55. The van der Waals surface area contributed by atoms with E-state index in [4.69, 9.17) is 10.5 Å². The molecule has 0 bridgehead atoms. The van der Waals surface area contributed by atoms with E-state index in [0.717, 1.165) is 5.69 Å². The van der Waals surface area contributed by atoms with Crippen molar-refractivity contribution in [3.05, 3.63) is 24.3 Å². The molecule has 0 atom stereocenters. The van der Waals surface area contributed by atoms with Crippen LogP contribution in [0.5, 0.6) is 5.75 Å². The van der Waals surface area contributed by atoms with Crippen molar-refractivity contribution >= 4 is 11.8 Å². The van der Waals surface area contributed by atoms with Gasteiger partial charge in [-0.3, -0.25) is 0 Å². The molecule has 0 saturated carbocycles. The Balaban J connectivity index is 2.85. The van der Waals surface area contributed by atoms with Crippen molar-refractivity contribution in [2.45, 2.75) is 0 Å². The number of carbonyl (C=O) groups excluding carboxylic acids is 1. The Morgan fingerprint density at radius 3 is 2.69 bits per heavy atom. The van der Waals surface area contributed by atoms with Crippen LogP contribution in [-0.2, 0) is 0 Å². The monoisotopic (exact) mass is 180 g/mol. The van der Waals surface area contributed by atoms with Crippen LogP contribution >= 0.6 is 0 Å². The third kappa shape index (κ3) is 2.66. The zero-order valence-electron chi connectivity index (χ0n) is 7.65. The van der Waals surface area contributed by atoms with Crippen LogP contribution in [0.15, 0.2) is 24.3 Å². The van der Waals surface area contributed by atoms with E-state index in [1.807, 2.05) is 25.1 Å². The minimum absolute atomic E-state index is 0.457. The third-order valence-electron chi connectivity index (χ3n) is 1.55. The minimum Gasteiger partial charge on any atom is -0.410 e. The van der Waals surface area contributed by atoms with Crippen LogP contribution in [0.4, 0.5) is 10.5 Å². The van der Waals surface area contributed by atoms with Gasteiger partial charge in [0.2, 0.25) is 0 Å². The summed E-state index contributed by atoms with van der Waals surface area (Å²) in [5, 5.41) is 0. The van der Waals surface area contributed by atoms with Crippen LogP contribution in [0.25, 0.3) is 0 Å². The maximum absolute atomic E-state index is 10.4. The van der Waals surface area contributed by atoms with Gasteiger partial charge in [0, 0.05) is 25.8 Å². The average molecular weight is 180 g/mol. The number of primary amides is 1. The van der Waals surface area contributed by atoms with Gasteiger partial charge in [-0.15, -0.1) is 0 Å². The molecule has 1 aromatic rings. The fourth-order valence-corrected chi connectivity index (χ4v) is 0.941. The van der Waals surface area contributed by atoms with E-state index in [1.54, 1.807) is 18.2 Å². The Hall–Kier alpha value is -1.71. The number of rotatable bonds is 2. The molecule has 4 heteroatoms. The highest BCUT2D eigenvalue weighted by atomic mass is 16.5. The molecular weight excluding hydrogens is 168 g/mol. The highest BCUT2D eigenvalue weighted by molar-refractivity contribution is 5.68. The van der Waals surface area contributed by atoms with Crippen LogP contribution in [0.1, 0.15) is 0 Å². The molecule has 0 aromatic heterocycles. The number of ether oxygens (including phenoxy) is 1. The Labute approximate surface area is 76.9 Å². The van der Waals surface area contributed by atoms with Crippen LogP contribution in [-0.4, -0.2) is 20.2 Å². The summed E-state index contributed by atoms with van der Waals surface area (Å²) < 4.78 is 4.72. The van der Waals surface area contributed by atoms with E-state index >= 15 is 0 Å². The van der Waals surface area contributed by atoms with Crippen molar-refractivity contribution in [1.82, 2.24) is 0 Å². The molecule has 0 saturated heterocycles. The van der Waals surface area contributed by atoms with Crippen molar-refractivity contribution in [2.75, 3.05) is 19.0 Å². The molecule has 0 aliphatic rings. The topological polar surface area (TPSA) is 55.6 Å². The van der Waals surface area contributed by atoms with Gasteiger partial charge in [0.05, 0.1) is 0 Å². The summed E-state index contributed by atoms with van der Waals surface area (Å²) in [6.45, 7) is 0. The summed E-state index contributed by atoms with van der Waals surface area (Å²) >= 11 is 0. The lowest BCUT2D eigenvalue weighted by atomic mass is 10.3. The molecule has 0 aliphatic heterocycles. The quantitative estimate of drug-likeness (QED) is 0.744. The summed E-state index contributed by atoms with van der Waals surface area (Å²) in [4.78, 5) is 12.3. The van der Waals surface area contributed by atoms with Crippen LogP contribution in [0.3, 0.4) is 0 Å². The average Bonchev–Trinajstić information content (AvgIpc) is 2.03. The van der Waals surface area contributed by atoms with Gasteiger partial charge in [0.1, 0.15) is 5.75 Å². The first kappa shape index (κ1) is 9.38. The second kappa shape index (κ2) is 3.80. The first-order valence-electron chi connectivity index (χ1n) is 3.84. The maximum Gasteiger partial charge on any atom is 0.409 e. The number of nitrogens with zero attached hydrogens (tertiary/aromatic N) is 1. The molecule has 0 spiro atoms. The van der Waals surface area contributed by atoms with Crippen molar-refractivity contribution in [2.24, 2.45) is 5.73 Å². The zero-order chi connectivity index (χ0) is 9.84. The molecule has 4 nitrogen and oxygen atoms in total. The van der Waals surface area contributed by atoms with E-state index in [9.17, 15) is 4.79 Å². The van der Waals surface area contributed by atoms with Gasteiger partial charge < -0.3 is 15.4 Å². The van der Waals surface area contributed by atoms with E-state index in [-0.39, 0.29) is 0 Å². The lowest BCUT2D eigenvalue weighted by Crippen LogP contribution is -2.16. The number of amides is 1. The van der Waals surface area contributed by atoms with Crippen molar-refractivity contribution in [3.8, 4) is 5.75 Å². The number of hydrogen-bond donors (Lipinski definition) is 1. The zero-order valence-corrected chi connectivity index (χ0v) is 7.65. The van der Waals surface area contributed by atoms with Gasteiger partial charge in [-0.1, -0.05) is 6.07 Å². The van der Waals surface area contributed by atoms with Crippen molar-refractivity contribution < 1.29 is 9.53 Å². The first-order valence-corrected chi connectivity index (χ1v) is 3.84. The second-order valence-corrected chi connectivity index (χ2v) is 2.81. The SMILES string of the molecule is CN(C)c1cccc(OC(N)=O)c1. The first-order chi connectivity index (χ1) is 6.09. The Bertz CT molecular complexity index is 310. The minimum atomic E-state index is -0.795. The van der Waals surface area contributed by atoms with Crippen LogP contribution < -0.4 is 15.4 Å². The smallest absolute Gasteiger partial charge is 0.409 e. The molecule has 1 aromatic carbocycles. The highest BCUT2D eigenvalue weighted by Crippen LogP contribution is 2.18. The summed E-state index contributed by atoms with van der Waals surface area (Å²) in [6, 6.07) is 7.13. The largest absolute Gasteiger partial charge is 0.410 e. The molecule has 13 heavy (non-hydrogen) atoms. The van der Waals surface area contributed by atoms with Crippen LogP contribution in [0, 0.1) is 0 Å². The molecular formula is C9H12N2O2. The Morgan fingerprint density at radius 2 is 2.15 bits per heavy atom. The van der Waals surface area contributed by atoms with E-state index in [1.165, 1.54) is 0 Å². The molecule has 2 N–H and O–H groups in total. The standard InChI is InChI=1S/C9H12N2O2/c1-11(2)7-4-3-5-8(6-7)13-9(10)12/h3-6H,1-2H3,(H2,10,12). The summed E-state index contributed by atoms with van der Waals surface area (Å²) in [6.07, 6.45) is -0.795. The fourth-order valence-electron chi connectivity index (χ4n) is 0.941. The van der Waals surface area contributed by atoms with Gasteiger partial charge in [-0.25, -0.2) is 4.79 Å². The summed E-state index contributed by atoms with van der Waals surface area (Å²) in [5.41, 5.74) is 5.83. The normalized spacial score (nSPS) is 9.38. The summed E-state index contributed by atoms with van der Waals surface area (Å²) in [7, 11) is 3.81. The predicted octanol–water partition coefficient (Wildman–Crippen LogP) is 1.21. The number of hydrogen-bond acceptors (Lipinski definition) is 3. The molecule has 0 heterocycles. The molecule has 0 radical (unpaired) electrons. The van der Waals surface area contributed by atoms with E-state index in [0.29, 0.717) is 5.75 Å². The van der Waals surface area contributed by atoms with Crippen molar-refractivity contribution in [1.29, 1.82) is 0 Å². The second-order valence-electron chi connectivity index (χ2n) is 2.81. The lowest BCUT2D eigenvalue weighted by Gasteiger charge is -2.12. The molecule has 0 fully saturated rings. The van der Waals surface area contributed by atoms with E-state index in [2.05, 4.69) is 0 Å². The van der Waals surface area contributed by atoms with Gasteiger partial charge in [0.15, 0.2) is 0 Å². The van der Waals surface area contributed by atoms with Crippen molar-refractivity contribution in [3.63, 3.8) is 0 Å². The predicted molar refractivity (Wildman–Crippen MR) is 51.0 cm³/mol. The number of carbonyl (C=O) groups is 1. The maximum atomic E-state index is 10.4. The van der Waals surface area contributed by atoms with Crippen LogP contribution in [0.2, 0.25) is 0 Å². The van der Waals surface area contributed by atoms with Gasteiger partial charge in [-0.2, -0.15) is 0 Å². The Kier molecular flexibility index (Phi) is 2.74. The molecule has 1 amide bonds. The number of nitrogens with two attached hydrogens (primary N) is 1. The molecule has 1 rings (SSSR count). The van der Waals surface area contributed by atoms with Gasteiger partial charge in [-0.05, 0) is 12.1 Å². The van der Waals surface area contributed by atoms with E-state index < -0.39 is 6.09 Å². The molecule has 0 unspecified atom stereocenters. The fraction of sp³-hybridized carbons (Fsp3) is 0.222. The van der Waals surface area contributed by atoms with Gasteiger partial charge in [0.25, 0.3) is 0 Å². The molecule has 0 aliphatic carbocycles. The highest BCUT2D eigenvalue weighted by Gasteiger charge is 2.00. The number of anilines is 1. The lowest BCUT2D eigenvalue weighted by molar-refractivity contribution is 0.211. The number of benzene rings is 1. The summed E-state index contributed by atoms with van der Waals surface area (Å²) in [5.74, 6) is 0.457.